The lowest BCUT2D eigenvalue weighted by Gasteiger charge is -2.20. The third-order valence-corrected chi connectivity index (χ3v) is 4.16. The maximum Gasteiger partial charge on any atom is 0.270 e. The predicted molar refractivity (Wildman–Crippen MR) is 97.2 cm³/mol. The van der Waals surface area contributed by atoms with Crippen LogP contribution in [0, 0.1) is 11.8 Å². The highest BCUT2D eigenvalue weighted by atomic mass is 35.5. The Hall–Kier alpha value is -2.10. The smallest absolute Gasteiger partial charge is 0.270 e. The average Bonchev–Trinajstić information content (AvgIpc) is 2.98. The third kappa shape index (κ3) is 5.45. The maximum absolute atomic E-state index is 12.3. The number of hydrogen-bond acceptors (Lipinski definition) is 4. The Labute approximate surface area is 153 Å². The van der Waals surface area contributed by atoms with Gasteiger partial charge in [0.1, 0.15) is 5.69 Å². The van der Waals surface area contributed by atoms with Crippen LogP contribution in [0.15, 0.2) is 18.3 Å². The Bertz CT molecular complexity index is 666. The van der Waals surface area contributed by atoms with E-state index in [0.717, 1.165) is 6.42 Å². The van der Waals surface area contributed by atoms with Crippen molar-refractivity contribution in [2.75, 3.05) is 19.6 Å². The number of hydrogen-bond donors (Lipinski definition) is 2. The van der Waals surface area contributed by atoms with Gasteiger partial charge in [0.15, 0.2) is 0 Å². The van der Waals surface area contributed by atoms with Crippen molar-refractivity contribution < 1.29 is 9.59 Å². The van der Waals surface area contributed by atoms with Gasteiger partial charge in [0.05, 0.1) is 17.6 Å². The number of aromatic nitrogens is 1. The molecule has 1 aromatic rings. The predicted octanol–water partition coefficient (Wildman–Crippen LogP) is 1.46. The minimum absolute atomic E-state index is 0.0258. The summed E-state index contributed by atoms with van der Waals surface area (Å²) in [5, 5.41) is 6.28. The molecule has 2 rings (SSSR count). The lowest BCUT2D eigenvalue weighted by molar-refractivity contribution is -0.125. The molecule has 134 valence electrons. The van der Waals surface area contributed by atoms with Crippen molar-refractivity contribution in [1.82, 2.24) is 20.5 Å². The number of nitrogens with zero attached hydrogens (tertiary/aromatic N) is 2. The molecular formula is C18H23ClN4O2. The van der Waals surface area contributed by atoms with Gasteiger partial charge in [0.25, 0.3) is 5.91 Å². The molecule has 1 fully saturated rings. The first-order valence-electron chi connectivity index (χ1n) is 8.45. The fraction of sp³-hybridized carbons (Fsp3) is 0.500. The lowest BCUT2D eigenvalue weighted by Crippen LogP contribution is -2.43. The van der Waals surface area contributed by atoms with Gasteiger partial charge in [0, 0.05) is 31.7 Å². The molecule has 25 heavy (non-hydrogen) atoms. The summed E-state index contributed by atoms with van der Waals surface area (Å²) < 4.78 is 0. The fourth-order valence-electron chi connectivity index (χ4n) is 2.80. The summed E-state index contributed by atoms with van der Waals surface area (Å²) in [6.07, 6.45) is 2.77. The van der Waals surface area contributed by atoms with Gasteiger partial charge >= 0.3 is 0 Å². The summed E-state index contributed by atoms with van der Waals surface area (Å²) in [5.41, 5.74) is 0.309. The van der Waals surface area contributed by atoms with Crippen molar-refractivity contribution in [2.45, 2.75) is 38.8 Å². The Kier molecular flexibility index (Phi) is 7.23. The molecule has 0 bridgehead atoms. The number of carbonyl (C=O) groups is 2. The van der Waals surface area contributed by atoms with E-state index in [-0.39, 0.29) is 23.9 Å². The van der Waals surface area contributed by atoms with Gasteiger partial charge in [-0.1, -0.05) is 24.4 Å². The van der Waals surface area contributed by atoms with Crippen LogP contribution in [-0.4, -0.2) is 53.4 Å². The standard InChI is InChI=1S/C18H23ClN4O2/c1-3-5-6-9-23-12-14(10-16(23)18(25)20-4-2)22-17(24)15-8-7-13(19)11-21-15/h7-8,11,14,16H,3-4,9-10,12H2,1-2H3,(H,20,25)(H,22,24)/t14-,16-/m0/s1. The van der Waals surface area contributed by atoms with Gasteiger partial charge in [-0.3, -0.25) is 14.5 Å². The molecule has 0 radical (unpaired) electrons. The van der Waals surface area contributed by atoms with Gasteiger partial charge < -0.3 is 10.6 Å². The molecule has 1 aliphatic heterocycles. The molecule has 2 heterocycles. The third-order valence-electron chi connectivity index (χ3n) is 3.94. The first kappa shape index (κ1) is 19.2. The average molecular weight is 363 g/mol. The van der Waals surface area contributed by atoms with Crippen molar-refractivity contribution in [3.63, 3.8) is 0 Å². The largest absolute Gasteiger partial charge is 0.355 e. The molecule has 0 spiro atoms. The van der Waals surface area contributed by atoms with Crippen LogP contribution < -0.4 is 10.6 Å². The summed E-state index contributed by atoms with van der Waals surface area (Å²) in [4.78, 5) is 30.6. The van der Waals surface area contributed by atoms with Crippen molar-refractivity contribution in [1.29, 1.82) is 0 Å². The number of halogens is 1. The minimum Gasteiger partial charge on any atom is -0.355 e. The molecule has 2 amide bonds. The number of nitrogens with one attached hydrogen (secondary N) is 2. The van der Waals surface area contributed by atoms with E-state index in [2.05, 4.69) is 27.5 Å². The normalized spacial score (nSPS) is 19.8. The van der Waals surface area contributed by atoms with Crippen LogP contribution in [0.25, 0.3) is 0 Å². The Morgan fingerprint density at radius 2 is 2.16 bits per heavy atom. The molecule has 0 saturated carbocycles. The van der Waals surface area contributed by atoms with E-state index in [9.17, 15) is 9.59 Å². The molecule has 1 saturated heterocycles. The SMILES string of the molecule is CCC#CCN1C[C@@H](NC(=O)c2ccc(Cl)cn2)C[C@H]1C(=O)NCC. The summed E-state index contributed by atoms with van der Waals surface area (Å²) in [7, 11) is 0. The van der Waals surface area contributed by atoms with Gasteiger partial charge in [-0.25, -0.2) is 4.98 Å². The van der Waals surface area contributed by atoms with Crippen molar-refractivity contribution in [2.24, 2.45) is 0 Å². The summed E-state index contributed by atoms with van der Waals surface area (Å²) in [6.45, 7) is 5.55. The van der Waals surface area contributed by atoms with Gasteiger partial charge in [-0.05, 0) is 25.5 Å². The van der Waals surface area contributed by atoms with Crippen LogP contribution in [0.4, 0.5) is 0 Å². The molecule has 0 unspecified atom stereocenters. The first-order valence-corrected chi connectivity index (χ1v) is 8.82. The number of amides is 2. The van der Waals surface area contributed by atoms with Crippen molar-refractivity contribution >= 4 is 23.4 Å². The van der Waals surface area contributed by atoms with Gasteiger partial charge in [0.2, 0.25) is 5.91 Å². The quantitative estimate of drug-likeness (QED) is 0.778. The number of likely N-dealkylation sites (tertiary alicyclic amines) is 1. The van der Waals surface area contributed by atoms with Crippen molar-refractivity contribution in [3.8, 4) is 11.8 Å². The van der Waals surface area contributed by atoms with Crippen LogP contribution >= 0.6 is 11.6 Å². The van der Waals surface area contributed by atoms with E-state index in [0.29, 0.717) is 36.8 Å². The van der Waals surface area contributed by atoms with E-state index < -0.39 is 0 Å². The lowest BCUT2D eigenvalue weighted by atomic mass is 10.1. The molecule has 7 heteroatoms. The van der Waals surface area contributed by atoms with E-state index in [1.54, 1.807) is 12.1 Å². The minimum atomic E-state index is -0.283. The highest BCUT2D eigenvalue weighted by Gasteiger charge is 2.36. The second kappa shape index (κ2) is 9.40. The number of rotatable bonds is 5. The summed E-state index contributed by atoms with van der Waals surface area (Å²) >= 11 is 5.79. The monoisotopic (exact) mass is 362 g/mol. The molecule has 0 aliphatic carbocycles. The Morgan fingerprint density at radius 3 is 2.80 bits per heavy atom. The second-order valence-corrected chi connectivity index (χ2v) is 6.25. The molecule has 1 aliphatic rings. The van der Waals surface area contributed by atoms with E-state index in [4.69, 9.17) is 11.6 Å². The molecule has 2 N–H and O–H groups in total. The van der Waals surface area contributed by atoms with Crippen LogP contribution in [0.5, 0.6) is 0 Å². The Morgan fingerprint density at radius 1 is 1.36 bits per heavy atom. The zero-order chi connectivity index (χ0) is 18.2. The van der Waals surface area contributed by atoms with Gasteiger partial charge in [-0.2, -0.15) is 0 Å². The van der Waals surface area contributed by atoms with Crippen LogP contribution in [0.2, 0.25) is 5.02 Å². The number of carbonyl (C=O) groups excluding carboxylic acids is 2. The van der Waals surface area contributed by atoms with E-state index in [1.807, 2.05) is 18.7 Å². The Balaban J connectivity index is 2.02. The molecule has 1 aromatic heterocycles. The molecule has 0 aromatic carbocycles. The van der Waals surface area contributed by atoms with Crippen LogP contribution in [0.3, 0.4) is 0 Å². The summed E-state index contributed by atoms with van der Waals surface area (Å²) in [6, 6.07) is 2.80. The maximum atomic E-state index is 12.3. The fourth-order valence-corrected chi connectivity index (χ4v) is 2.91. The van der Waals surface area contributed by atoms with Crippen molar-refractivity contribution in [3.05, 3.63) is 29.0 Å². The highest BCUT2D eigenvalue weighted by molar-refractivity contribution is 6.30. The summed E-state index contributed by atoms with van der Waals surface area (Å²) in [5.74, 6) is 5.80. The van der Waals surface area contributed by atoms with Crippen LogP contribution in [0.1, 0.15) is 37.2 Å². The second-order valence-electron chi connectivity index (χ2n) is 5.81. The number of pyridine rings is 1. The van der Waals surface area contributed by atoms with Crippen LogP contribution in [-0.2, 0) is 4.79 Å². The zero-order valence-electron chi connectivity index (χ0n) is 14.5. The number of likely N-dealkylation sites (N-methyl/N-ethyl adjacent to an activating group) is 1. The zero-order valence-corrected chi connectivity index (χ0v) is 15.3. The van der Waals surface area contributed by atoms with Gasteiger partial charge in [-0.15, -0.1) is 5.92 Å². The first-order chi connectivity index (χ1) is 12.0. The molecule has 2 atom stereocenters. The highest BCUT2D eigenvalue weighted by Crippen LogP contribution is 2.18. The van der Waals surface area contributed by atoms with E-state index >= 15 is 0 Å². The topological polar surface area (TPSA) is 74.3 Å². The molecule has 6 nitrogen and oxygen atoms in total. The van der Waals surface area contributed by atoms with E-state index in [1.165, 1.54) is 6.20 Å². The molecular weight excluding hydrogens is 340 g/mol.